The third kappa shape index (κ3) is 3.85. The van der Waals surface area contributed by atoms with E-state index in [4.69, 9.17) is 4.74 Å². The lowest BCUT2D eigenvalue weighted by Crippen LogP contribution is -2.48. The number of amides is 2. The number of carbonyl (C=O) groups excluding carboxylic acids is 2. The van der Waals surface area contributed by atoms with E-state index in [-0.39, 0.29) is 12.0 Å². The highest BCUT2D eigenvalue weighted by atomic mass is 19.1. The van der Waals surface area contributed by atoms with Gasteiger partial charge in [-0.25, -0.2) is 19.2 Å². The highest BCUT2D eigenvalue weighted by Crippen LogP contribution is 2.29. The zero-order valence-electron chi connectivity index (χ0n) is 16.3. The standard InChI is InChI=1S/C20H22FN5O3/c1-13-12-26(20(28)29-13)16-3-4-17(18(21)9-16)15-10-22-19(23-11-15)25-7-5-24(6-8-25)14(2)27/h3-4,9-11,13H,5-8,12H2,1-2H3. The first-order chi connectivity index (χ1) is 13.9. The Hall–Kier alpha value is -3.23. The molecule has 8 nitrogen and oxygen atoms in total. The van der Waals surface area contributed by atoms with Crippen molar-refractivity contribution in [3.05, 3.63) is 36.4 Å². The third-order valence-electron chi connectivity index (χ3n) is 5.18. The lowest BCUT2D eigenvalue weighted by atomic mass is 10.1. The van der Waals surface area contributed by atoms with Crippen LogP contribution in [-0.2, 0) is 9.53 Å². The van der Waals surface area contributed by atoms with E-state index < -0.39 is 11.9 Å². The summed E-state index contributed by atoms with van der Waals surface area (Å²) < 4.78 is 19.8. The van der Waals surface area contributed by atoms with Gasteiger partial charge in [0.1, 0.15) is 11.9 Å². The fourth-order valence-electron chi connectivity index (χ4n) is 3.57. The van der Waals surface area contributed by atoms with Crippen molar-refractivity contribution in [1.82, 2.24) is 14.9 Å². The van der Waals surface area contributed by atoms with Crippen LogP contribution in [0, 0.1) is 5.82 Å². The van der Waals surface area contributed by atoms with Gasteiger partial charge in [-0.15, -0.1) is 0 Å². The maximum Gasteiger partial charge on any atom is 0.414 e. The predicted octanol–water partition coefficient (Wildman–Crippen LogP) is 2.30. The number of hydrogen-bond donors (Lipinski definition) is 0. The summed E-state index contributed by atoms with van der Waals surface area (Å²) in [5.41, 5.74) is 1.38. The normalized spacial score (nSPS) is 19.5. The van der Waals surface area contributed by atoms with Gasteiger partial charge in [0.2, 0.25) is 11.9 Å². The first kappa shape index (κ1) is 19.1. The van der Waals surface area contributed by atoms with Gasteiger partial charge in [-0.3, -0.25) is 9.69 Å². The van der Waals surface area contributed by atoms with Crippen molar-refractivity contribution in [2.75, 3.05) is 42.5 Å². The van der Waals surface area contributed by atoms with Crippen LogP contribution in [0.2, 0.25) is 0 Å². The number of halogens is 1. The minimum absolute atomic E-state index is 0.0662. The maximum atomic E-state index is 14.7. The van der Waals surface area contributed by atoms with E-state index in [1.54, 1.807) is 43.3 Å². The maximum absolute atomic E-state index is 14.7. The number of anilines is 2. The summed E-state index contributed by atoms with van der Waals surface area (Å²) in [5, 5.41) is 0. The molecule has 1 aromatic carbocycles. The summed E-state index contributed by atoms with van der Waals surface area (Å²) in [5.74, 6) is 0.167. The van der Waals surface area contributed by atoms with Crippen LogP contribution in [0.15, 0.2) is 30.6 Å². The monoisotopic (exact) mass is 399 g/mol. The fourth-order valence-corrected chi connectivity index (χ4v) is 3.57. The van der Waals surface area contributed by atoms with Crippen molar-refractivity contribution < 1.29 is 18.7 Å². The van der Waals surface area contributed by atoms with Crippen molar-refractivity contribution in [2.45, 2.75) is 20.0 Å². The summed E-state index contributed by atoms with van der Waals surface area (Å²) in [6.07, 6.45) is 2.49. The molecule has 9 heteroatoms. The molecule has 29 heavy (non-hydrogen) atoms. The Morgan fingerprint density at radius 3 is 2.41 bits per heavy atom. The van der Waals surface area contributed by atoms with Gasteiger partial charge in [0, 0.05) is 56.6 Å². The molecule has 0 spiro atoms. The SMILES string of the molecule is CC(=O)N1CCN(c2ncc(-c3ccc(N4CC(C)OC4=O)cc3F)cn2)CC1. The van der Waals surface area contributed by atoms with Crippen LogP contribution in [0.25, 0.3) is 11.1 Å². The number of rotatable bonds is 3. The number of nitrogens with zero attached hydrogens (tertiary/aromatic N) is 5. The molecule has 2 aliphatic heterocycles. The van der Waals surface area contributed by atoms with E-state index in [0.29, 0.717) is 55.5 Å². The summed E-state index contributed by atoms with van der Waals surface area (Å²) in [4.78, 5) is 37.2. The molecule has 0 aliphatic carbocycles. The number of benzene rings is 1. The zero-order valence-corrected chi connectivity index (χ0v) is 16.3. The fraction of sp³-hybridized carbons (Fsp3) is 0.400. The zero-order chi connectivity index (χ0) is 20.5. The van der Waals surface area contributed by atoms with Gasteiger partial charge >= 0.3 is 6.09 Å². The molecule has 2 aliphatic rings. The van der Waals surface area contributed by atoms with Gasteiger partial charge in [0.05, 0.1) is 12.2 Å². The Bertz CT molecular complexity index is 928. The number of carbonyl (C=O) groups is 2. The van der Waals surface area contributed by atoms with Crippen molar-refractivity contribution in [1.29, 1.82) is 0 Å². The Kier molecular flexibility index (Phi) is 5.04. The van der Waals surface area contributed by atoms with Crippen LogP contribution in [0.3, 0.4) is 0 Å². The molecule has 0 bridgehead atoms. The molecule has 1 unspecified atom stereocenters. The second kappa shape index (κ2) is 7.65. The van der Waals surface area contributed by atoms with E-state index in [1.165, 1.54) is 11.0 Å². The van der Waals surface area contributed by atoms with Gasteiger partial charge in [-0.2, -0.15) is 0 Å². The molecule has 4 rings (SSSR count). The molecule has 2 amide bonds. The van der Waals surface area contributed by atoms with Crippen LogP contribution in [-0.4, -0.2) is 65.7 Å². The Morgan fingerprint density at radius 1 is 1.17 bits per heavy atom. The topological polar surface area (TPSA) is 78.9 Å². The molecule has 2 fully saturated rings. The van der Waals surface area contributed by atoms with Gasteiger partial charge in [0.15, 0.2) is 0 Å². The minimum atomic E-state index is -0.470. The molecule has 2 saturated heterocycles. The van der Waals surface area contributed by atoms with Crippen LogP contribution in [0.4, 0.5) is 20.8 Å². The number of piperazine rings is 1. The number of hydrogen-bond acceptors (Lipinski definition) is 6. The predicted molar refractivity (Wildman–Crippen MR) is 105 cm³/mol. The first-order valence-electron chi connectivity index (χ1n) is 9.53. The van der Waals surface area contributed by atoms with Crippen LogP contribution < -0.4 is 9.80 Å². The first-order valence-corrected chi connectivity index (χ1v) is 9.53. The number of ether oxygens (including phenoxy) is 1. The second-order valence-corrected chi connectivity index (χ2v) is 7.23. The Balaban J connectivity index is 1.48. The average molecular weight is 399 g/mol. The lowest BCUT2D eigenvalue weighted by molar-refractivity contribution is -0.129. The summed E-state index contributed by atoms with van der Waals surface area (Å²) in [7, 11) is 0. The molecule has 152 valence electrons. The highest BCUT2D eigenvalue weighted by Gasteiger charge is 2.30. The van der Waals surface area contributed by atoms with Crippen molar-refractivity contribution >= 4 is 23.6 Å². The Morgan fingerprint density at radius 2 is 1.86 bits per heavy atom. The second-order valence-electron chi connectivity index (χ2n) is 7.23. The van der Waals surface area contributed by atoms with E-state index in [9.17, 15) is 14.0 Å². The largest absolute Gasteiger partial charge is 0.444 e. The van der Waals surface area contributed by atoms with Gasteiger partial charge in [-0.05, 0) is 25.1 Å². The van der Waals surface area contributed by atoms with E-state index in [1.807, 2.05) is 4.90 Å². The third-order valence-corrected chi connectivity index (χ3v) is 5.18. The van der Waals surface area contributed by atoms with Crippen LogP contribution >= 0.6 is 0 Å². The highest BCUT2D eigenvalue weighted by molar-refractivity contribution is 5.90. The minimum Gasteiger partial charge on any atom is -0.444 e. The van der Waals surface area contributed by atoms with Crippen molar-refractivity contribution in [2.24, 2.45) is 0 Å². The summed E-state index contributed by atoms with van der Waals surface area (Å²) in [6, 6.07) is 4.63. The van der Waals surface area contributed by atoms with E-state index >= 15 is 0 Å². The molecular weight excluding hydrogens is 377 g/mol. The van der Waals surface area contributed by atoms with Gasteiger partial charge < -0.3 is 14.5 Å². The molecule has 3 heterocycles. The number of cyclic esters (lactones) is 1. The molecule has 0 N–H and O–H groups in total. The smallest absolute Gasteiger partial charge is 0.414 e. The van der Waals surface area contributed by atoms with E-state index in [2.05, 4.69) is 9.97 Å². The average Bonchev–Trinajstić information content (AvgIpc) is 3.06. The molecular formula is C20H22FN5O3. The molecule has 1 atom stereocenters. The van der Waals surface area contributed by atoms with Crippen molar-refractivity contribution in [3.8, 4) is 11.1 Å². The quantitative estimate of drug-likeness (QED) is 0.788. The molecule has 0 saturated carbocycles. The summed E-state index contributed by atoms with van der Waals surface area (Å²) in [6.45, 7) is 6.34. The summed E-state index contributed by atoms with van der Waals surface area (Å²) >= 11 is 0. The van der Waals surface area contributed by atoms with Gasteiger partial charge in [-0.1, -0.05) is 0 Å². The van der Waals surface area contributed by atoms with Crippen molar-refractivity contribution in [3.63, 3.8) is 0 Å². The molecule has 1 aromatic heterocycles. The molecule has 0 radical (unpaired) electrons. The van der Waals surface area contributed by atoms with Gasteiger partial charge in [0.25, 0.3) is 0 Å². The lowest BCUT2D eigenvalue weighted by Gasteiger charge is -2.34. The van der Waals surface area contributed by atoms with Crippen LogP contribution in [0.1, 0.15) is 13.8 Å². The van der Waals surface area contributed by atoms with E-state index in [0.717, 1.165) is 0 Å². The van der Waals surface area contributed by atoms with Crippen LogP contribution in [0.5, 0.6) is 0 Å². The molecule has 2 aromatic rings. The number of aromatic nitrogens is 2. The Labute approximate surface area is 167 Å².